The second-order valence-corrected chi connectivity index (χ2v) is 10.2. The summed E-state index contributed by atoms with van der Waals surface area (Å²) in [5.74, 6) is 1.63. The molecule has 200 valence electrons. The Morgan fingerprint density at radius 1 is 1.11 bits per heavy atom. The van der Waals surface area contributed by atoms with Gasteiger partial charge in [-0.05, 0) is 63.4 Å². The van der Waals surface area contributed by atoms with Crippen molar-refractivity contribution in [3.63, 3.8) is 0 Å². The number of hydrazone groups is 1. The van der Waals surface area contributed by atoms with E-state index in [0.717, 1.165) is 36.0 Å². The molecule has 0 spiro atoms. The molecule has 9 heteroatoms. The zero-order valence-corrected chi connectivity index (χ0v) is 22.3. The van der Waals surface area contributed by atoms with Crippen LogP contribution in [0.1, 0.15) is 55.7 Å². The summed E-state index contributed by atoms with van der Waals surface area (Å²) in [4.78, 5) is 26.9. The van der Waals surface area contributed by atoms with Gasteiger partial charge in [0.25, 0.3) is 0 Å². The minimum Gasteiger partial charge on any atom is -0.457 e. The van der Waals surface area contributed by atoms with Gasteiger partial charge in [0.15, 0.2) is 12.1 Å². The highest BCUT2D eigenvalue weighted by atomic mass is 16.6. The van der Waals surface area contributed by atoms with Crippen LogP contribution in [0.4, 0.5) is 4.79 Å². The normalized spacial score (nSPS) is 16.2. The van der Waals surface area contributed by atoms with E-state index in [9.17, 15) is 9.59 Å². The lowest BCUT2D eigenvalue weighted by Crippen LogP contribution is -2.43. The number of para-hydroxylation sites is 1. The van der Waals surface area contributed by atoms with Crippen molar-refractivity contribution in [2.75, 3.05) is 20.1 Å². The SMILES string of the molecule is CN/N=C(/N)c1c(-c2ccc(Oc3ccccc3)cc2)cn(C2CCCN(C(=O)OC(C)(C)C)C2)c1C=O. The van der Waals surface area contributed by atoms with E-state index >= 15 is 0 Å². The molecule has 3 aromatic rings. The van der Waals surface area contributed by atoms with E-state index in [1.54, 1.807) is 11.9 Å². The molecule has 1 saturated heterocycles. The quantitative estimate of drug-likeness (QED) is 0.194. The number of nitrogens with two attached hydrogens (primary N) is 1. The molecule has 0 radical (unpaired) electrons. The van der Waals surface area contributed by atoms with Crippen LogP contribution in [-0.4, -0.2) is 53.4 Å². The molecule has 38 heavy (non-hydrogen) atoms. The maximum atomic E-state index is 12.8. The van der Waals surface area contributed by atoms with Gasteiger partial charge < -0.3 is 30.1 Å². The Balaban J connectivity index is 1.68. The number of nitrogens with one attached hydrogen (secondary N) is 1. The largest absolute Gasteiger partial charge is 0.457 e. The third kappa shape index (κ3) is 6.16. The summed E-state index contributed by atoms with van der Waals surface area (Å²) < 4.78 is 13.4. The number of amides is 1. The van der Waals surface area contributed by atoms with Crippen LogP contribution in [0.2, 0.25) is 0 Å². The number of carbonyl (C=O) groups is 2. The molecule has 2 heterocycles. The lowest BCUT2D eigenvalue weighted by atomic mass is 10.0. The van der Waals surface area contributed by atoms with E-state index in [0.29, 0.717) is 30.1 Å². The van der Waals surface area contributed by atoms with Crippen LogP contribution < -0.4 is 15.9 Å². The van der Waals surface area contributed by atoms with Crippen molar-refractivity contribution in [2.45, 2.75) is 45.3 Å². The summed E-state index contributed by atoms with van der Waals surface area (Å²) in [5.41, 5.74) is 11.1. The second-order valence-electron chi connectivity index (χ2n) is 10.2. The number of likely N-dealkylation sites (tertiary alicyclic amines) is 1. The Labute approximate surface area is 223 Å². The molecule has 1 atom stereocenters. The highest BCUT2D eigenvalue weighted by Crippen LogP contribution is 2.34. The molecule has 9 nitrogen and oxygen atoms in total. The van der Waals surface area contributed by atoms with Gasteiger partial charge >= 0.3 is 6.09 Å². The number of piperidine rings is 1. The molecular formula is C29H35N5O4. The van der Waals surface area contributed by atoms with Crippen LogP contribution in [0.5, 0.6) is 11.5 Å². The number of hydrogen-bond acceptors (Lipinski definition) is 6. The molecular weight excluding hydrogens is 482 g/mol. The minimum absolute atomic E-state index is 0.118. The smallest absolute Gasteiger partial charge is 0.410 e. The number of benzene rings is 2. The molecule has 2 aromatic carbocycles. The monoisotopic (exact) mass is 517 g/mol. The zero-order chi connectivity index (χ0) is 27.3. The van der Waals surface area contributed by atoms with Gasteiger partial charge in [0, 0.05) is 31.9 Å². The number of nitrogens with zero attached hydrogens (tertiary/aromatic N) is 3. The molecule has 4 rings (SSSR count). The zero-order valence-electron chi connectivity index (χ0n) is 22.3. The standard InChI is InChI=1S/C29H35N5O4/c1-29(2,3)38-28(36)33-16-8-9-21(17-33)34-18-24(26(25(34)19-35)27(30)32-31-4)20-12-14-23(15-13-20)37-22-10-6-5-7-11-22/h5-7,10-15,18-19,21,31H,8-9,16-17H2,1-4H3,(H2,30,32). The first kappa shape index (κ1) is 26.8. The molecule has 1 aromatic heterocycles. The van der Waals surface area contributed by atoms with Gasteiger partial charge in [-0.1, -0.05) is 30.3 Å². The molecule has 0 aliphatic carbocycles. The molecule has 1 aliphatic heterocycles. The Morgan fingerprint density at radius 2 is 1.79 bits per heavy atom. The van der Waals surface area contributed by atoms with E-state index in [2.05, 4.69) is 10.5 Å². The van der Waals surface area contributed by atoms with Crippen LogP contribution >= 0.6 is 0 Å². The number of amidine groups is 1. The summed E-state index contributed by atoms with van der Waals surface area (Å²) >= 11 is 0. The van der Waals surface area contributed by atoms with Crippen molar-refractivity contribution in [3.05, 3.63) is 72.1 Å². The number of rotatable bonds is 7. The van der Waals surface area contributed by atoms with Crippen molar-refractivity contribution in [2.24, 2.45) is 10.8 Å². The number of ether oxygens (including phenoxy) is 2. The molecule has 3 N–H and O–H groups in total. The summed E-state index contributed by atoms with van der Waals surface area (Å²) in [6, 6.07) is 17.0. The average Bonchev–Trinajstić information content (AvgIpc) is 3.29. The first-order valence-electron chi connectivity index (χ1n) is 12.7. The van der Waals surface area contributed by atoms with Crippen LogP contribution in [0.3, 0.4) is 0 Å². The summed E-state index contributed by atoms with van der Waals surface area (Å²) in [5, 5.41) is 4.17. The first-order valence-corrected chi connectivity index (χ1v) is 12.7. The predicted octanol–water partition coefficient (Wildman–Crippen LogP) is 5.17. The highest BCUT2D eigenvalue weighted by molar-refractivity contribution is 6.08. The van der Waals surface area contributed by atoms with Gasteiger partial charge in [-0.15, -0.1) is 0 Å². The third-order valence-corrected chi connectivity index (χ3v) is 6.26. The van der Waals surface area contributed by atoms with Crippen LogP contribution in [-0.2, 0) is 4.74 Å². The fourth-order valence-electron chi connectivity index (χ4n) is 4.63. The highest BCUT2D eigenvalue weighted by Gasteiger charge is 2.31. The summed E-state index contributed by atoms with van der Waals surface area (Å²) in [6.07, 6.45) is 3.97. The Bertz CT molecular complexity index is 1290. The van der Waals surface area contributed by atoms with Crippen LogP contribution in [0, 0.1) is 0 Å². The topological polar surface area (TPSA) is 111 Å². The Hall–Kier alpha value is -4.27. The number of aromatic nitrogens is 1. The molecule has 1 amide bonds. The lowest BCUT2D eigenvalue weighted by molar-refractivity contribution is 0.0172. The maximum Gasteiger partial charge on any atom is 0.410 e. The third-order valence-electron chi connectivity index (χ3n) is 6.26. The van der Waals surface area contributed by atoms with E-state index in [1.807, 2.05) is 86.1 Å². The number of hydrogen-bond donors (Lipinski definition) is 2. The van der Waals surface area contributed by atoms with Gasteiger partial charge in [0.2, 0.25) is 0 Å². The second kappa shape index (κ2) is 11.4. The minimum atomic E-state index is -0.583. The predicted molar refractivity (Wildman–Crippen MR) is 148 cm³/mol. The van der Waals surface area contributed by atoms with Gasteiger partial charge in [-0.3, -0.25) is 4.79 Å². The van der Waals surface area contributed by atoms with Gasteiger partial charge in [0.1, 0.15) is 17.1 Å². The molecule has 1 unspecified atom stereocenters. The van der Waals surface area contributed by atoms with Gasteiger partial charge in [-0.2, -0.15) is 5.10 Å². The number of aldehydes is 1. The van der Waals surface area contributed by atoms with Gasteiger partial charge in [0.05, 0.1) is 17.3 Å². The van der Waals surface area contributed by atoms with E-state index in [4.69, 9.17) is 15.2 Å². The van der Waals surface area contributed by atoms with E-state index < -0.39 is 5.60 Å². The van der Waals surface area contributed by atoms with Crippen LogP contribution in [0.25, 0.3) is 11.1 Å². The summed E-state index contributed by atoms with van der Waals surface area (Å²) in [6.45, 7) is 6.58. The fraction of sp³-hybridized carbons (Fsp3) is 0.345. The van der Waals surface area contributed by atoms with Gasteiger partial charge in [-0.25, -0.2) is 4.79 Å². The fourth-order valence-corrected chi connectivity index (χ4v) is 4.63. The van der Waals surface area contributed by atoms with E-state index in [1.165, 1.54) is 0 Å². The maximum absolute atomic E-state index is 12.8. The average molecular weight is 518 g/mol. The number of carbonyl (C=O) groups excluding carboxylic acids is 2. The van der Waals surface area contributed by atoms with Crippen LogP contribution in [0.15, 0.2) is 65.9 Å². The van der Waals surface area contributed by atoms with Crippen molar-refractivity contribution < 1.29 is 19.1 Å². The molecule has 0 saturated carbocycles. The van der Waals surface area contributed by atoms with Crippen molar-refractivity contribution in [1.82, 2.24) is 14.9 Å². The molecule has 1 aliphatic rings. The molecule has 0 bridgehead atoms. The lowest BCUT2D eigenvalue weighted by Gasteiger charge is -2.35. The Morgan fingerprint density at radius 3 is 2.42 bits per heavy atom. The van der Waals surface area contributed by atoms with E-state index in [-0.39, 0.29) is 18.0 Å². The Kier molecular flexibility index (Phi) is 8.05. The van der Waals surface area contributed by atoms with Crippen molar-refractivity contribution >= 4 is 18.2 Å². The van der Waals surface area contributed by atoms with Crippen molar-refractivity contribution in [3.8, 4) is 22.6 Å². The first-order chi connectivity index (χ1) is 18.2. The van der Waals surface area contributed by atoms with Crippen molar-refractivity contribution in [1.29, 1.82) is 0 Å². The molecule has 1 fully saturated rings. The summed E-state index contributed by atoms with van der Waals surface area (Å²) in [7, 11) is 1.65.